The number of aryl methyl sites for hydroxylation is 1. The second-order valence-electron chi connectivity index (χ2n) is 9.15. The fourth-order valence-corrected chi connectivity index (χ4v) is 4.66. The molecule has 5 rings (SSSR count). The SMILES string of the molecule is Cc1c(-c2nc(N3CCN(C(=O)N4N=CCC4c4cc(F)cc(F)c4)CC3)ncc2F)c(C(F)(F)F)nn1C. The van der Waals surface area contributed by atoms with E-state index in [4.69, 9.17) is 0 Å². The van der Waals surface area contributed by atoms with Crippen molar-refractivity contribution in [1.82, 2.24) is 29.7 Å². The monoisotopic (exact) mass is 552 g/mol. The van der Waals surface area contributed by atoms with Crippen LogP contribution in [0, 0.1) is 24.4 Å². The molecule has 2 aliphatic rings. The predicted octanol–water partition coefficient (Wildman–Crippen LogP) is 4.30. The average molecular weight is 552 g/mol. The fourth-order valence-electron chi connectivity index (χ4n) is 4.66. The van der Waals surface area contributed by atoms with Crippen molar-refractivity contribution in [1.29, 1.82) is 0 Å². The molecule has 2 aromatic heterocycles. The zero-order valence-corrected chi connectivity index (χ0v) is 20.8. The molecule has 0 bridgehead atoms. The van der Waals surface area contributed by atoms with Gasteiger partial charge in [0.15, 0.2) is 11.5 Å². The lowest BCUT2D eigenvalue weighted by Crippen LogP contribution is -2.52. The maximum Gasteiger partial charge on any atom is 0.435 e. The molecule has 0 N–H and O–H groups in total. The van der Waals surface area contributed by atoms with Crippen molar-refractivity contribution < 1.29 is 31.1 Å². The van der Waals surface area contributed by atoms with Gasteiger partial charge in [0.25, 0.3) is 0 Å². The highest BCUT2D eigenvalue weighted by molar-refractivity contribution is 5.79. The third kappa shape index (κ3) is 5.00. The van der Waals surface area contributed by atoms with Crippen molar-refractivity contribution in [3.05, 3.63) is 58.8 Å². The summed E-state index contributed by atoms with van der Waals surface area (Å²) in [6, 6.07) is 1.90. The second-order valence-corrected chi connectivity index (χ2v) is 9.15. The molecular weight excluding hydrogens is 530 g/mol. The number of rotatable bonds is 3. The van der Waals surface area contributed by atoms with Crippen molar-refractivity contribution in [2.24, 2.45) is 12.1 Å². The molecule has 9 nitrogen and oxygen atoms in total. The molecule has 0 radical (unpaired) electrons. The van der Waals surface area contributed by atoms with Gasteiger partial charge in [-0.15, -0.1) is 0 Å². The second kappa shape index (κ2) is 9.85. The Balaban J connectivity index is 1.33. The summed E-state index contributed by atoms with van der Waals surface area (Å²) in [4.78, 5) is 24.4. The highest BCUT2D eigenvalue weighted by Gasteiger charge is 2.40. The van der Waals surface area contributed by atoms with E-state index in [1.54, 1.807) is 4.90 Å². The van der Waals surface area contributed by atoms with Crippen LogP contribution < -0.4 is 4.90 Å². The van der Waals surface area contributed by atoms with E-state index < -0.39 is 52.7 Å². The third-order valence-electron chi connectivity index (χ3n) is 6.70. The number of piperazine rings is 1. The maximum atomic E-state index is 14.7. The Morgan fingerprint density at radius 1 is 1.03 bits per heavy atom. The molecule has 206 valence electrons. The molecule has 15 heteroatoms. The lowest BCUT2D eigenvalue weighted by molar-refractivity contribution is -0.141. The number of carbonyl (C=O) groups excluding carboxylic acids is 1. The Bertz CT molecular complexity index is 1430. The van der Waals surface area contributed by atoms with Crippen LogP contribution in [0.2, 0.25) is 0 Å². The van der Waals surface area contributed by atoms with Crippen LogP contribution in [0.5, 0.6) is 0 Å². The predicted molar refractivity (Wildman–Crippen MR) is 127 cm³/mol. The minimum Gasteiger partial charge on any atom is -0.337 e. The zero-order chi connectivity index (χ0) is 28.1. The van der Waals surface area contributed by atoms with Crippen molar-refractivity contribution in [2.75, 3.05) is 31.1 Å². The largest absolute Gasteiger partial charge is 0.435 e. The van der Waals surface area contributed by atoms with Crippen molar-refractivity contribution >= 4 is 18.2 Å². The first-order valence-electron chi connectivity index (χ1n) is 11.9. The van der Waals surface area contributed by atoms with E-state index in [0.717, 1.165) is 29.1 Å². The lowest BCUT2D eigenvalue weighted by Gasteiger charge is -2.37. The van der Waals surface area contributed by atoms with Crippen LogP contribution in [-0.4, -0.2) is 68.1 Å². The maximum absolute atomic E-state index is 14.7. The topological polar surface area (TPSA) is 82.8 Å². The zero-order valence-electron chi connectivity index (χ0n) is 20.8. The lowest BCUT2D eigenvalue weighted by atomic mass is 10.0. The highest BCUT2D eigenvalue weighted by atomic mass is 19.4. The minimum absolute atomic E-state index is 0.00202. The summed E-state index contributed by atoms with van der Waals surface area (Å²) in [6.45, 7) is 2.13. The van der Waals surface area contributed by atoms with Crippen molar-refractivity contribution in [2.45, 2.75) is 25.6 Å². The fraction of sp³-hybridized carbons (Fsp3) is 0.375. The molecule has 0 spiro atoms. The van der Waals surface area contributed by atoms with Gasteiger partial charge in [-0.25, -0.2) is 32.9 Å². The Kier molecular flexibility index (Phi) is 6.68. The smallest absolute Gasteiger partial charge is 0.337 e. The highest BCUT2D eigenvalue weighted by Crippen LogP contribution is 2.38. The van der Waals surface area contributed by atoms with Crippen molar-refractivity contribution in [3.8, 4) is 11.3 Å². The summed E-state index contributed by atoms with van der Waals surface area (Å²) in [5, 5.41) is 8.75. The molecule has 0 saturated carbocycles. The van der Waals surface area contributed by atoms with Gasteiger partial charge in [-0.2, -0.15) is 23.4 Å². The molecule has 3 aromatic rings. The summed E-state index contributed by atoms with van der Waals surface area (Å²) >= 11 is 0. The van der Waals surface area contributed by atoms with Crippen LogP contribution in [-0.2, 0) is 13.2 Å². The van der Waals surface area contributed by atoms with E-state index in [1.165, 1.54) is 30.1 Å². The van der Waals surface area contributed by atoms with Gasteiger partial charge in [-0.1, -0.05) is 0 Å². The van der Waals surface area contributed by atoms with Gasteiger partial charge < -0.3 is 9.80 Å². The first-order chi connectivity index (χ1) is 18.4. The third-order valence-corrected chi connectivity index (χ3v) is 6.70. The molecule has 39 heavy (non-hydrogen) atoms. The number of hydrazone groups is 1. The number of alkyl halides is 3. The normalized spacial score (nSPS) is 17.8. The number of hydrogen-bond acceptors (Lipinski definition) is 6. The molecule has 1 aromatic carbocycles. The average Bonchev–Trinajstić information content (AvgIpc) is 3.49. The first-order valence-corrected chi connectivity index (χ1v) is 11.9. The van der Waals surface area contributed by atoms with Crippen LogP contribution in [0.4, 0.5) is 37.1 Å². The van der Waals surface area contributed by atoms with E-state index in [-0.39, 0.29) is 49.8 Å². The number of urea groups is 1. The minimum atomic E-state index is -4.82. The molecule has 1 fully saturated rings. The summed E-state index contributed by atoms with van der Waals surface area (Å²) in [6.07, 6.45) is -2.23. The summed E-state index contributed by atoms with van der Waals surface area (Å²) in [7, 11) is 1.32. The summed E-state index contributed by atoms with van der Waals surface area (Å²) in [5.41, 5.74) is -1.88. The Morgan fingerprint density at radius 3 is 2.33 bits per heavy atom. The quantitative estimate of drug-likeness (QED) is 0.453. The Hall–Kier alpha value is -4.17. The number of benzene rings is 1. The Labute approximate surface area is 218 Å². The molecular formula is C24H22F6N8O. The number of hydrogen-bond donors (Lipinski definition) is 0. The standard InChI is InChI=1S/C24H22F6N8O/c1-13-19(21(24(28,29)30)34-35(13)2)20-17(27)12-31-22(33-20)36-5-7-37(8-6-36)23(39)38-18(3-4-32-38)14-9-15(25)11-16(26)10-14/h4,9-12,18H,3,5-8H2,1-2H3. The van der Waals surface area contributed by atoms with Crippen molar-refractivity contribution in [3.63, 3.8) is 0 Å². The van der Waals surface area contributed by atoms with Gasteiger partial charge in [0.2, 0.25) is 5.95 Å². The number of aromatic nitrogens is 4. The Morgan fingerprint density at radius 2 is 1.69 bits per heavy atom. The van der Waals surface area contributed by atoms with Gasteiger partial charge in [0.05, 0.1) is 17.8 Å². The first kappa shape index (κ1) is 26.4. The van der Waals surface area contributed by atoms with E-state index in [9.17, 15) is 31.1 Å². The molecule has 4 heterocycles. The molecule has 1 atom stereocenters. The van der Waals surface area contributed by atoms with Gasteiger partial charge in [0.1, 0.15) is 17.3 Å². The van der Waals surface area contributed by atoms with E-state index in [1.807, 2.05) is 0 Å². The number of carbonyl (C=O) groups is 1. The molecule has 1 saturated heterocycles. The van der Waals surface area contributed by atoms with Gasteiger partial charge in [-0.3, -0.25) is 4.68 Å². The van der Waals surface area contributed by atoms with E-state index >= 15 is 0 Å². The molecule has 1 unspecified atom stereocenters. The van der Waals surface area contributed by atoms with Gasteiger partial charge in [-0.05, 0) is 24.6 Å². The molecule has 2 amide bonds. The van der Waals surface area contributed by atoms with Crippen LogP contribution in [0.25, 0.3) is 11.3 Å². The van der Waals surface area contributed by atoms with E-state index in [2.05, 4.69) is 20.2 Å². The number of amides is 2. The number of halogens is 6. The summed E-state index contributed by atoms with van der Waals surface area (Å²) in [5.74, 6) is -2.55. The molecule has 0 aliphatic carbocycles. The van der Waals surface area contributed by atoms with Crippen LogP contribution in [0.3, 0.4) is 0 Å². The van der Waals surface area contributed by atoms with E-state index in [0.29, 0.717) is 0 Å². The van der Waals surface area contributed by atoms with Gasteiger partial charge >= 0.3 is 12.2 Å². The van der Waals surface area contributed by atoms with Crippen LogP contribution in [0.15, 0.2) is 29.5 Å². The number of nitrogens with zero attached hydrogens (tertiary/aromatic N) is 8. The summed E-state index contributed by atoms with van der Waals surface area (Å²) < 4.78 is 84.0. The molecule has 2 aliphatic heterocycles. The van der Waals surface area contributed by atoms with Gasteiger partial charge in [0, 0.05) is 57.6 Å². The van der Waals surface area contributed by atoms with Crippen LogP contribution >= 0.6 is 0 Å². The number of anilines is 1. The van der Waals surface area contributed by atoms with Crippen LogP contribution in [0.1, 0.15) is 29.4 Å².